The largest absolute Gasteiger partial charge is 0.372 e. The highest BCUT2D eigenvalue weighted by atomic mass is 16.5. The van der Waals surface area contributed by atoms with E-state index in [9.17, 15) is 4.79 Å². The Morgan fingerprint density at radius 2 is 2.50 bits per heavy atom. The fourth-order valence-electron chi connectivity index (χ4n) is 1.01. The van der Waals surface area contributed by atoms with Gasteiger partial charge < -0.3 is 10.5 Å². The fraction of sp³-hybridized carbons (Fsp3) is 0.714. The molecule has 2 N–H and O–H groups in total. The maximum atomic E-state index is 10.6. The number of nitrogens with zero attached hydrogens (tertiary/aromatic N) is 2. The van der Waals surface area contributed by atoms with Gasteiger partial charge in [-0.25, -0.2) is 9.80 Å². The zero-order chi connectivity index (χ0) is 9.14. The molecule has 1 rings (SSSR count). The average Bonchev–Trinajstić information content (AvgIpc) is 2.36. The van der Waals surface area contributed by atoms with Gasteiger partial charge >= 0.3 is 6.03 Å². The molecule has 1 heterocycles. The first-order chi connectivity index (χ1) is 5.61. The van der Waals surface area contributed by atoms with Crippen LogP contribution < -0.4 is 5.73 Å². The van der Waals surface area contributed by atoms with Crippen LogP contribution in [0.1, 0.15) is 13.3 Å². The summed E-state index contributed by atoms with van der Waals surface area (Å²) in [5.74, 6) is 0. The van der Waals surface area contributed by atoms with Gasteiger partial charge in [0.15, 0.2) is 0 Å². The number of hydrazone groups is 1. The molecule has 0 spiro atoms. The number of urea groups is 1. The van der Waals surface area contributed by atoms with Gasteiger partial charge in [0, 0.05) is 13.5 Å². The van der Waals surface area contributed by atoms with Gasteiger partial charge in [0.25, 0.3) is 0 Å². The maximum absolute atomic E-state index is 10.6. The van der Waals surface area contributed by atoms with Crippen LogP contribution in [0.2, 0.25) is 0 Å². The molecule has 0 aromatic carbocycles. The van der Waals surface area contributed by atoms with Crippen LogP contribution in [0.25, 0.3) is 0 Å². The Balaban J connectivity index is 2.61. The number of rotatable bonds is 1. The van der Waals surface area contributed by atoms with E-state index >= 15 is 0 Å². The summed E-state index contributed by atoms with van der Waals surface area (Å²) < 4.78 is 5.24. The summed E-state index contributed by atoms with van der Waals surface area (Å²) in [5.41, 5.74) is 5.87. The molecule has 5 nitrogen and oxygen atoms in total. The predicted molar refractivity (Wildman–Crippen MR) is 44.8 cm³/mol. The van der Waals surface area contributed by atoms with E-state index in [0.717, 1.165) is 17.1 Å². The number of amides is 2. The minimum atomic E-state index is -0.554. The smallest absolute Gasteiger partial charge is 0.334 e. The molecule has 2 amide bonds. The zero-order valence-corrected chi connectivity index (χ0v) is 7.28. The predicted octanol–water partition coefficient (Wildman–Crippen LogP) is 0.162. The molecule has 0 radical (unpaired) electrons. The summed E-state index contributed by atoms with van der Waals surface area (Å²) >= 11 is 0. The SMILES string of the molecule is CC1OCC/C1=N\N(C)C(N)=O. The second kappa shape index (κ2) is 3.53. The van der Waals surface area contributed by atoms with Crippen molar-refractivity contribution in [3.63, 3.8) is 0 Å². The number of hydrogen-bond donors (Lipinski definition) is 1. The van der Waals surface area contributed by atoms with Crippen molar-refractivity contribution in [3.8, 4) is 0 Å². The van der Waals surface area contributed by atoms with Gasteiger partial charge in [-0.1, -0.05) is 0 Å². The average molecular weight is 171 g/mol. The van der Waals surface area contributed by atoms with Gasteiger partial charge in [-0.15, -0.1) is 0 Å². The van der Waals surface area contributed by atoms with Gasteiger partial charge in [-0.2, -0.15) is 5.10 Å². The molecule has 1 aliphatic rings. The summed E-state index contributed by atoms with van der Waals surface area (Å²) in [7, 11) is 1.53. The summed E-state index contributed by atoms with van der Waals surface area (Å²) in [6.07, 6.45) is 0.783. The third kappa shape index (κ3) is 1.94. The normalized spacial score (nSPS) is 26.2. The molecule has 68 valence electrons. The molecule has 5 heteroatoms. The van der Waals surface area contributed by atoms with Crippen LogP contribution in [-0.2, 0) is 4.74 Å². The number of carbonyl (C=O) groups excluding carboxylic acids is 1. The van der Waals surface area contributed by atoms with Crippen molar-refractivity contribution >= 4 is 11.7 Å². The molecule has 0 bridgehead atoms. The van der Waals surface area contributed by atoms with Crippen molar-refractivity contribution in [1.82, 2.24) is 5.01 Å². The van der Waals surface area contributed by atoms with Crippen molar-refractivity contribution in [2.45, 2.75) is 19.4 Å². The molecule has 0 aromatic heterocycles. The second-order valence-corrected chi connectivity index (χ2v) is 2.72. The first kappa shape index (κ1) is 8.99. The van der Waals surface area contributed by atoms with E-state index < -0.39 is 6.03 Å². The zero-order valence-electron chi connectivity index (χ0n) is 7.28. The Morgan fingerprint density at radius 1 is 1.83 bits per heavy atom. The number of hydrogen-bond acceptors (Lipinski definition) is 3. The summed E-state index contributed by atoms with van der Waals surface area (Å²) in [6, 6.07) is -0.554. The molecular formula is C7H13N3O2. The van der Waals surface area contributed by atoms with Crippen LogP contribution in [0.4, 0.5) is 4.79 Å². The Hall–Kier alpha value is -1.10. The number of nitrogens with two attached hydrogens (primary N) is 1. The minimum absolute atomic E-state index is 0.00630. The molecule has 12 heavy (non-hydrogen) atoms. The van der Waals surface area contributed by atoms with Crippen LogP contribution >= 0.6 is 0 Å². The van der Waals surface area contributed by atoms with E-state index in [4.69, 9.17) is 10.5 Å². The summed E-state index contributed by atoms with van der Waals surface area (Å²) in [5, 5.41) is 5.13. The lowest BCUT2D eigenvalue weighted by molar-refractivity contribution is 0.145. The Kier molecular flexibility index (Phi) is 2.65. The second-order valence-electron chi connectivity index (χ2n) is 2.72. The number of carbonyl (C=O) groups is 1. The van der Waals surface area contributed by atoms with Gasteiger partial charge in [0.05, 0.1) is 18.4 Å². The van der Waals surface area contributed by atoms with Crippen molar-refractivity contribution in [2.24, 2.45) is 10.8 Å². The molecular weight excluding hydrogens is 158 g/mol. The third-order valence-electron chi connectivity index (χ3n) is 1.79. The summed E-state index contributed by atoms with van der Waals surface area (Å²) in [4.78, 5) is 10.6. The van der Waals surface area contributed by atoms with E-state index in [-0.39, 0.29) is 6.10 Å². The van der Waals surface area contributed by atoms with E-state index in [0.29, 0.717) is 6.61 Å². The Bertz CT molecular complexity index is 215. The van der Waals surface area contributed by atoms with Crippen molar-refractivity contribution in [1.29, 1.82) is 0 Å². The van der Waals surface area contributed by atoms with Gasteiger partial charge in [0.2, 0.25) is 0 Å². The highest BCUT2D eigenvalue weighted by Crippen LogP contribution is 2.09. The Morgan fingerprint density at radius 3 is 2.92 bits per heavy atom. The first-order valence-corrected chi connectivity index (χ1v) is 3.83. The molecule has 1 unspecified atom stereocenters. The van der Waals surface area contributed by atoms with Crippen LogP contribution in [0.15, 0.2) is 5.10 Å². The molecule has 0 aromatic rings. The maximum Gasteiger partial charge on any atom is 0.334 e. The minimum Gasteiger partial charge on any atom is -0.372 e. The van der Waals surface area contributed by atoms with Crippen LogP contribution in [0, 0.1) is 0 Å². The standard InChI is InChI=1S/C7H13N3O2/c1-5-6(3-4-12-5)9-10(2)7(8)11/h5H,3-4H2,1-2H3,(H2,8,11)/b9-6+. The quantitative estimate of drug-likeness (QED) is 0.571. The summed E-state index contributed by atoms with van der Waals surface area (Å²) in [6.45, 7) is 2.58. The van der Waals surface area contributed by atoms with Crippen molar-refractivity contribution in [3.05, 3.63) is 0 Å². The van der Waals surface area contributed by atoms with Crippen molar-refractivity contribution in [2.75, 3.05) is 13.7 Å². The van der Waals surface area contributed by atoms with Crippen LogP contribution in [0.3, 0.4) is 0 Å². The van der Waals surface area contributed by atoms with E-state index in [2.05, 4.69) is 5.10 Å². The number of primary amides is 1. The van der Waals surface area contributed by atoms with E-state index in [1.807, 2.05) is 6.92 Å². The van der Waals surface area contributed by atoms with Gasteiger partial charge in [-0.05, 0) is 6.92 Å². The molecule has 1 saturated heterocycles. The lowest BCUT2D eigenvalue weighted by atomic mass is 10.2. The highest BCUT2D eigenvalue weighted by Gasteiger charge is 2.19. The molecule has 1 atom stereocenters. The lowest BCUT2D eigenvalue weighted by Crippen LogP contribution is -2.29. The van der Waals surface area contributed by atoms with Crippen molar-refractivity contribution < 1.29 is 9.53 Å². The van der Waals surface area contributed by atoms with Crippen LogP contribution in [-0.4, -0.2) is 36.5 Å². The van der Waals surface area contributed by atoms with E-state index in [1.165, 1.54) is 7.05 Å². The molecule has 0 saturated carbocycles. The van der Waals surface area contributed by atoms with Gasteiger partial charge in [-0.3, -0.25) is 0 Å². The molecule has 0 aliphatic carbocycles. The van der Waals surface area contributed by atoms with E-state index in [1.54, 1.807) is 0 Å². The molecule has 1 fully saturated rings. The fourth-order valence-corrected chi connectivity index (χ4v) is 1.01. The monoisotopic (exact) mass is 171 g/mol. The first-order valence-electron chi connectivity index (χ1n) is 3.83. The number of ether oxygens (including phenoxy) is 1. The molecule has 1 aliphatic heterocycles. The highest BCUT2D eigenvalue weighted by molar-refractivity contribution is 5.90. The lowest BCUT2D eigenvalue weighted by Gasteiger charge is -2.09. The third-order valence-corrected chi connectivity index (χ3v) is 1.79. The van der Waals surface area contributed by atoms with Gasteiger partial charge in [0.1, 0.15) is 0 Å². The topological polar surface area (TPSA) is 67.9 Å². The van der Waals surface area contributed by atoms with Crippen LogP contribution in [0.5, 0.6) is 0 Å². The Labute approximate surface area is 71.2 Å².